The van der Waals surface area contributed by atoms with E-state index in [1.165, 1.54) is 59.5 Å². The number of fused-ring (bicyclic) bond motifs is 4. The highest BCUT2D eigenvalue weighted by atomic mass is 15.2. The minimum Gasteiger partial charge on any atom is -0.339 e. The number of anilines is 2. The van der Waals surface area contributed by atoms with Crippen LogP contribution in [0.1, 0.15) is 144 Å². The summed E-state index contributed by atoms with van der Waals surface area (Å²) in [5, 5.41) is 0. The van der Waals surface area contributed by atoms with Crippen LogP contribution >= 0.6 is 0 Å². The summed E-state index contributed by atoms with van der Waals surface area (Å²) >= 11 is 0. The highest BCUT2D eigenvalue weighted by Gasteiger charge is 2.53. The van der Waals surface area contributed by atoms with Crippen LogP contribution in [0.5, 0.6) is 0 Å². The van der Waals surface area contributed by atoms with E-state index in [2.05, 4.69) is 158 Å². The Morgan fingerprint density at radius 1 is 0.759 bits per heavy atom. The van der Waals surface area contributed by atoms with Crippen LogP contribution in [0.4, 0.5) is 11.4 Å². The van der Waals surface area contributed by atoms with Gasteiger partial charge in [0.05, 0.1) is 0 Å². The molecule has 4 unspecified atom stereocenters. The van der Waals surface area contributed by atoms with Gasteiger partial charge in [0.25, 0.3) is 0 Å². The normalized spacial score (nSPS) is 25.5. The summed E-state index contributed by atoms with van der Waals surface area (Å²) < 4.78 is 0. The number of rotatable bonds is 8. The smallest absolute Gasteiger partial charge is 0.246 e. The molecule has 6 aliphatic rings. The Labute approximate surface area is 329 Å². The van der Waals surface area contributed by atoms with E-state index in [-0.39, 0.29) is 5.41 Å². The summed E-state index contributed by atoms with van der Waals surface area (Å²) in [6, 6.07) is 18.2. The molecule has 0 saturated carbocycles. The Bertz CT molecular complexity index is 1940. The van der Waals surface area contributed by atoms with Gasteiger partial charge in [-0.15, -0.1) is 0 Å². The molecule has 0 spiro atoms. The van der Waals surface area contributed by atoms with E-state index in [0.29, 0.717) is 54.3 Å². The van der Waals surface area contributed by atoms with Crippen molar-refractivity contribution in [1.82, 2.24) is 0 Å². The largest absolute Gasteiger partial charge is 0.339 e. The van der Waals surface area contributed by atoms with Crippen LogP contribution in [0.15, 0.2) is 112 Å². The molecule has 54 heavy (non-hydrogen) atoms. The number of benzene rings is 2. The Kier molecular flexibility index (Phi) is 10.1. The molecule has 4 aliphatic carbocycles. The molecule has 4 atom stereocenters. The van der Waals surface area contributed by atoms with E-state index in [0.717, 1.165) is 25.7 Å². The quantitative estimate of drug-likeness (QED) is 0.198. The molecule has 0 fully saturated rings. The number of allylic oxidation sites excluding steroid dienone is 9. The van der Waals surface area contributed by atoms with Gasteiger partial charge in [-0.25, -0.2) is 0 Å². The van der Waals surface area contributed by atoms with Gasteiger partial charge >= 0.3 is 0 Å². The van der Waals surface area contributed by atoms with Gasteiger partial charge in [-0.2, -0.15) is 0 Å². The van der Waals surface area contributed by atoms with E-state index in [1.807, 2.05) is 0 Å². The molecule has 0 bridgehead atoms. The average molecular weight is 719 g/mol. The summed E-state index contributed by atoms with van der Waals surface area (Å²) in [5.41, 5.74) is 16.9. The van der Waals surface area contributed by atoms with Gasteiger partial charge in [-0.1, -0.05) is 141 Å². The average Bonchev–Trinajstić information content (AvgIpc) is 3.17. The van der Waals surface area contributed by atoms with E-state index < -0.39 is 0 Å². The highest BCUT2D eigenvalue weighted by molar-refractivity contribution is 6.89. The molecule has 0 N–H and O–H groups in total. The van der Waals surface area contributed by atoms with Crippen molar-refractivity contribution in [2.75, 3.05) is 9.80 Å². The standard InChI is InChI=1S/C51H67BN2/c1-32(2)36-16-22-42(23-17-36)53-46-26-20-38(34(5)6)28-44(46)52-45-29-39(35(7)8)21-27-47(45)54(43-24-18-37(19-25-43)33(3)4)49-31-41(30-48(53)50(49)52)51(9,10)40-14-12-11-13-15-40/h12,14-18,21-23,27-29,31-35,38,41,43,46H,11,13,19-20,24-26,30H2,1-10H3. The van der Waals surface area contributed by atoms with Crippen LogP contribution in [-0.4, -0.2) is 18.8 Å². The molecule has 284 valence electrons. The molecule has 2 nitrogen and oxygen atoms in total. The lowest BCUT2D eigenvalue weighted by Gasteiger charge is -2.56. The molecular formula is C51H67BN2. The van der Waals surface area contributed by atoms with Crippen molar-refractivity contribution in [2.45, 2.75) is 145 Å². The number of nitrogens with zero attached hydrogens (tertiary/aromatic N) is 2. The van der Waals surface area contributed by atoms with Crippen LogP contribution < -0.4 is 15.3 Å². The topological polar surface area (TPSA) is 6.48 Å². The molecule has 2 aromatic rings. The summed E-state index contributed by atoms with van der Waals surface area (Å²) in [6.07, 6.45) is 25.0. The zero-order valence-corrected chi connectivity index (χ0v) is 35.3. The monoisotopic (exact) mass is 719 g/mol. The van der Waals surface area contributed by atoms with Crippen molar-refractivity contribution < 1.29 is 0 Å². The minimum absolute atomic E-state index is 0.0151. The van der Waals surface area contributed by atoms with Gasteiger partial charge in [0.15, 0.2) is 0 Å². The second-order valence-electron chi connectivity index (χ2n) is 19.5. The summed E-state index contributed by atoms with van der Waals surface area (Å²) in [5.74, 6) is 3.29. The van der Waals surface area contributed by atoms with Crippen molar-refractivity contribution >= 4 is 23.6 Å². The van der Waals surface area contributed by atoms with E-state index >= 15 is 0 Å². The summed E-state index contributed by atoms with van der Waals surface area (Å²) in [7, 11) is 0. The van der Waals surface area contributed by atoms with Crippen molar-refractivity contribution in [3.63, 3.8) is 0 Å². The van der Waals surface area contributed by atoms with Gasteiger partial charge in [0.1, 0.15) is 0 Å². The molecule has 0 radical (unpaired) electrons. The SMILES string of the molecule is CC(C)C1=CCC(N2C3=CC(C(C)(C)C4=CCCC=C4)CC4=C3B(C3=CC(C(C)C)CCC3N4c3ccc(C(C)C)cc3)c3cc(C(C)C)ccc32)CC1. The highest BCUT2D eigenvalue weighted by Crippen LogP contribution is 2.54. The second kappa shape index (κ2) is 14.6. The maximum Gasteiger partial charge on any atom is 0.246 e. The third-order valence-electron chi connectivity index (χ3n) is 14.6. The maximum absolute atomic E-state index is 2.88. The summed E-state index contributed by atoms with van der Waals surface area (Å²) in [4.78, 5) is 5.77. The maximum atomic E-state index is 2.88. The molecule has 3 heteroatoms. The molecule has 0 amide bonds. The third kappa shape index (κ3) is 6.44. The molecule has 2 aromatic carbocycles. The van der Waals surface area contributed by atoms with Crippen molar-refractivity contribution in [1.29, 1.82) is 0 Å². The number of hydrogen-bond acceptors (Lipinski definition) is 2. The zero-order chi connectivity index (χ0) is 38.1. The van der Waals surface area contributed by atoms with Crippen molar-refractivity contribution in [3.05, 3.63) is 124 Å². The van der Waals surface area contributed by atoms with Gasteiger partial charge in [-0.05, 0) is 138 Å². The van der Waals surface area contributed by atoms with Crippen LogP contribution in [0.25, 0.3) is 0 Å². The van der Waals surface area contributed by atoms with Crippen LogP contribution in [0.2, 0.25) is 0 Å². The zero-order valence-electron chi connectivity index (χ0n) is 35.3. The molecule has 2 aliphatic heterocycles. The van der Waals surface area contributed by atoms with Gasteiger partial charge in [0.2, 0.25) is 6.71 Å². The van der Waals surface area contributed by atoms with Crippen molar-refractivity contribution in [2.24, 2.45) is 29.1 Å². The minimum atomic E-state index is 0.0151. The van der Waals surface area contributed by atoms with Gasteiger partial charge < -0.3 is 9.80 Å². The van der Waals surface area contributed by atoms with Crippen LogP contribution in [0, 0.1) is 29.1 Å². The van der Waals surface area contributed by atoms with E-state index in [9.17, 15) is 0 Å². The first kappa shape index (κ1) is 37.5. The third-order valence-corrected chi connectivity index (χ3v) is 14.6. The Balaban J connectivity index is 1.41. The molecular weight excluding hydrogens is 651 g/mol. The fourth-order valence-corrected chi connectivity index (χ4v) is 10.9. The molecule has 0 aromatic heterocycles. The second-order valence-corrected chi connectivity index (χ2v) is 19.5. The van der Waals surface area contributed by atoms with Crippen LogP contribution in [0.3, 0.4) is 0 Å². The molecule has 2 heterocycles. The first-order valence-electron chi connectivity index (χ1n) is 21.9. The first-order chi connectivity index (χ1) is 25.8. The predicted octanol–water partition coefficient (Wildman–Crippen LogP) is 13.0. The predicted molar refractivity (Wildman–Crippen MR) is 235 cm³/mol. The summed E-state index contributed by atoms with van der Waals surface area (Å²) in [6.45, 7) is 24.4. The van der Waals surface area contributed by atoms with E-state index in [4.69, 9.17) is 0 Å². The van der Waals surface area contributed by atoms with E-state index in [1.54, 1.807) is 27.7 Å². The Morgan fingerprint density at radius 2 is 1.50 bits per heavy atom. The lowest BCUT2D eigenvalue weighted by molar-refractivity contribution is 0.312. The fourth-order valence-electron chi connectivity index (χ4n) is 10.9. The molecule has 8 rings (SSSR count). The number of hydrogen-bond donors (Lipinski definition) is 0. The Hall–Kier alpha value is -3.46. The van der Waals surface area contributed by atoms with Gasteiger partial charge in [-0.3, -0.25) is 0 Å². The molecule has 0 saturated heterocycles. The van der Waals surface area contributed by atoms with Crippen molar-refractivity contribution in [3.8, 4) is 0 Å². The fraction of sp³-hybridized carbons (Fsp3) is 0.529. The lowest BCUT2D eigenvalue weighted by atomic mass is 9.29. The lowest BCUT2D eigenvalue weighted by Crippen LogP contribution is -2.60. The van der Waals surface area contributed by atoms with Gasteiger partial charge in [0, 0.05) is 34.9 Å². The van der Waals surface area contributed by atoms with Crippen LogP contribution in [-0.2, 0) is 0 Å². The first-order valence-corrected chi connectivity index (χ1v) is 21.9. The Morgan fingerprint density at radius 3 is 2.13 bits per heavy atom.